The first-order valence-electron chi connectivity index (χ1n) is 6.01. The van der Waals surface area contributed by atoms with Crippen molar-refractivity contribution in [2.75, 3.05) is 0 Å². The molecule has 0 spiro atoms. The van der Waals surface area contributed by atoms with Crippen molar-refractivity contribution in [1.29, 1.82) is 0 Å². The topological polar surface area (TPSA) is 24.7 Å². The van der Waals surface area contributed by atoms with E-state index >= 15 is 0 Å². The van der Waals surface area contributed by atoms with Crippen LogP contribution in [0, 0.1) is 23.7 Å². The minimum atomic E-state index is 0.834. The molecule has 0 radical (unpaired) electrons. The van der Waals surface area contributed by atoms with Gasteiger partial charge in [0.25, 0.3) is 0 Å². The van der Waals surface area contributed by atoms with Gasteiger partial charge in [-0.25, -0.2) is 0 Å². The van der Waals surface area contributed by atoms with Crippen LogP contribution in [0.3, 0.4) is 0 Å². The number of hydrogen-bond acceptors (Lipinski definition) is 2. The number of fused-ring (bicyclic) bond motifs is 2. The zero-order valence-electron chi connectivity index (χ0n) is 8.45. The minimum Gasteiger partial charge on any atom is -0.160 e. The van der Waals surface area contributed by atoms with Gasteiger partial charge >= 0.3 is 0 Å². The summed E-state index contributed by atoms with van der Waals surface area (Å²) in [6, 6.07) is 0. The van der Waals surface area contributed by atoms with Crippen molar-refractivity contribution in [1.82, 2.24) is 0 Å². The maximum Gasteiger partial charge on any atom is 0.0439 e. The van der Waals surface area contributed by atoms with Crippen LogP contribution in [-0.4, -0.2) is 11.4 Å². The molecule has 14 heavy (non-hydrogen) atoms. The highest BCUT2D eigenvalue weighted by atomic mass is 15.2. The van der Waals surface area contributed by atoms with Gasteiger partial charge in [0.15, 0.2) is 0 Å². The lowest BCUT2D eigenvalue weighted by Crippen LogP contribution is -2.14. The molecule has 2 heteroatoms. The molecular formula is C12H16N2. The molecule has 0 heterocycles. The summed E-state index contributed by atoms with van der Waals surface area (Å²) in [6.45, 7) is 0. The standard InChI is InChI=1S/C12H16N2/c1-7-2-9(1)11(5-7)13-14-12-6-8-3-10(12)4-8/h7-10H,1-6H2/b13-11+,14-12+. The zero-order valence-corrected chi connectivity index (χ0v) is 8.45. The van der Waals surface area contributed by atoms with Gasteiger partial charge in [0.1, 0.15) is 0 Å². The predicted octanol–water partition coefficient (Wildman–Crippen LogP) is 2.64. The predicted molar refractivity (Wildman–Crippen MR) is 56.5 cm³/mol. The molecule has 4 bridgehead atoms. The van der Waals surface area contributed by atoms with E-state index in [9.17, 15) is 0 Å². The fraction of sp³-hybridized carbons (Fsp3) is 0.833. The largest absolute Gasteiger partial charge is 0.160 e. The summed E-state index contributed by atoms with van der Waals surface area (Å²) in [4.78, 5) is 0. The third kappa shape index (κ3) is 0.918. The molecule has 6 aliphatic carbocycles. The molecule has 2 nitrogen and oxygen atoms in total. The minimum absolute atomic E-state index is 0.834. The average Bonchev–Trinajstić information content (AvgIpc) is 2.74. The SMILES string of the molecule is C1/C(=N\N=C2/CC3CC2C3)C2CC1C2. The smallest absolute Gasteiger partial charge is 0.0439 e. The summed E-state index contributed by atoms with van der Waals surface area (Å²) in [6.07, 6.45) is 8.17. The van der Waals surface area contributed by atoms with Crippen molar-refractivity contribution in [2.24, 2.45) is 33.9 Å². The van der Waals surface area contributed by atoms with Crippen LogP contribution in [0.1, 0.15) is 38.5 Å². The van der Waals surface area contributed by atoms with Gasteiger partial charge in [0.2, 0.25) is 0 Å². The Bertz CT molecular complexity index is 296. The van der Waals surface area contributed by atoms with Crippen LogP contribution >= 0.6 is 0 Å². The molecule has 74 valence electrons. The Kier molecular flexibility index (Phi) is 1.34. The zero-order chi connectivity index (χ0) is 9.12. The maximum atomic E-state index is 4.51. The van der Waals surface area contributed by atoms with Gasteiger partial charge in [-0.15, -0.1) is 0 Å². The lowest BCUT2D eigenvalue weighted by Gasteiger charge is -2.21. The van der Waals surface area contributed by atoms with Crippen LogP contribution in [0.4, 0.5) is 0 Å². The van der Waals surface area contributed by atoms with Crippen LogP contribution in [0.25, 0.3) is 0 Å². The highest BCUT2D eigenvalue weighted by Crippen LogP contribution is 2.48. The van der Waals surface area contributed by atoms with Crippen molar-refractivity contribution in [3.05, 3.63) is 0 Å². The molecule has 6 rings (SSSR count). The molecule has 0 saturated heterocycles. The average molecular weight is 188 g/mol. The van der Waals surface area contributed by atoms with Crippen LogP contribution in [0.15, 0.2) is 10.2 Å². The second-order valence-electron chi connectivity index (χ2n) is 5.66. The van der Waals surface area contributed by atoms with Crippen LogP contribution < -0.4 is 0 Å². The Morgan fingerprint density at radius 2 is 1.14 bits per heavy atom. The van der Waals surface area contributed by atoms with Gasteiger partial charge in [-0.05, 0) is 62.2 Å². The quantitative estimate of drug-likeness (QED) is 0.565. The maximum absolute atomic E-state index is 4.51. The van der Waals surface area contributed by atoms with Gasteiger partial charge in [0, 0.05) is 11.4 Å². The molecule has 0 atom stereocenters. The first-order valence-corrected chi connectivity index (χ1v) is 6.01. The summed E-state index contributed by atoms with van der Waals surface area (Å²) in [5, 5.41) is 9.02. The van der Waals surface area contributed by atoms with E-state index in [0.717, 1.165) is 23.7 Å². The third-order valence-corrected chi connectivity index (χ3v) is 4.72. The van der Waals surface area contributed by atoms with E-state index in [1.54, 1.807) is 0 Å². The first-order chi connectivity index (χ1) is 6.88. The van der Waals surface area contributed by atoms with Crippen molar-refractivity contribution in [3.63, 3.8) is 0 Å². The number of nitrogens with zero attached hydrogens (tertiary/aromatic N) is 2. The van der Waals surface area contributed by atoms with Crippen molar-refractivity contribution in [2.45, 2.75) is 38.5 Å². The highest BCUT2D eigenvalue weighted by molar-refractivity contribution is 5.94. The van der Waals surface area contributed by atoms with E-state index in [1.807, 2.05) is 0 Å². The summed E-state index contributed by atoms with van der Waals surface area (Å²) in [5.41, 5.74) is 2.85. The Hall–Kier alpha value is -0.660. The van der Waals surface area contributed by atoms with Crippen LogP contribution in [0.5, 0.6) is 0 Å². The fourth-order valence-corrected chi connectivity index (χ4v) is 3.65. The monoisotopic (exact) mass is 188 g/mol. The van der Waals surface area contributed by atoms with E-state index in [4.69, 9.17) is 0 Å². The van der Waals surface area contributed by atoms with Crippen molar-refractivity contribution >= 4 is 11.4 Å². The normalized spacial score (nSPS) is 53.7. The molecule has 6 fully saturated rings. The van der Waals surface area contributed by atoms with Crippen LogP contribution in [0.2, 0.25) is 0 Å². The van der Waals surface area contributed by atoms with E-state index < -0.39 is 0 Å². The molecule has 6 aliphatic rings. The summed E-state index contributed by atoms with van der Waals surface area (Å²) in [7, 11) is 0. The summed E-state index contributed by atoms with van der Waals surface area (Å²) >= 11 is 0. The summed E-state index contributed by atoms with van der Waals surface area (Å²) < 4.78 is 0. The van der Waals surface area contributed by atoms with Gasteiger partial charge in [-0.3, -0.25) is 0 Å². The van der Waals surface area contributed by atoms with E-state index in [2.05, 4.69) is 10.2 Å². The second-order valence-corrected chi connectivity index (χ2v) is 5.66. The number of hydrogen-bond donors (Lipinski definition) is 0. The van der Waals surface area contributed by atoms with E-state index in [0.29, 0.717) is 0 Å². The second kappa shape index (κ2) is 2.47. The molecule has 0 aromatic carbocycles. The van der Waals surface area contributed by atoms with E-state index in [-0.39, 0.29) is 0 Å². The lowest BCUT2D eigenvalue weighted by atomic mass is 9.84. The fourth-order valence-electron chi connectivity index (χ4n) is 3.65. The molecule has 0 unspecified atom stereocenters. The Balaban J connectivity index is 1.55. The Labute approximate surface area is 84.5 Å². The molecule has 0 N–H and O–H groups in total. The van der Waals surface area contributed by atoms with Gasteiger partial charge in [-0.2, -0.15) is 10.2 Å². The molecule has 0 aromatic rings. The van der Waals surface area contributed by atoms with Gasteiger partial charge in [0.05, 0.1) is 0 Å². The van der Waals surface area contributed by atoms with Crippen LogP contribution in [-0.2, 0) is 0 Å². The van der Waals surface area contributed by atoms with Gasteiger partial charge in [-0.1, -0.05) is 0 Å². The Morgan fingerprint density at radius 1 is 0.714 bits per heavy atom. The molecule has 6 saturated carbocycles. The molecule has 0 aliphatic heterocycles. The molecule has 0 amide bonds. The Morgan fingerprint density at radius 3 is 1.43 bits per heavy atom. The van der Waals surface area contributed by atoms with Crippen molar-refractivity contribution in [3.8, 4) is 0 Å². The number of rotatable bonds is 1. The highest BCUT2D eigenvalue weighted by Gasteiger charge is 2.43. The lowest BCUT2D eigenvalue weighted by molar-refractivity contribution is 0.323. The molecule has 0 aromatic heterocycles. The first kappa shape index (κ1) is 7.61. The molecular weight excluding hydrogens is 172 g/mol. The van der Waals surface area contributed by atoms with E-state index in [1.165, 1.54) is 49.9 Å². The third-order valence-electron chi connectivity index (χ3n) is 4.72. The van der Waals surface area contributed by atoms with Gasteiger partial charge < -0.3 is 0 Å². The summed E-state index contributed by atoms with van der Waals surface area (Å²) in [5.74, 6) is 3.63. The van der Waals surface area contributed by atoms with Crippen molar-refractivity contribution < 1.29 is 0 Å².